The third kappa shape index (κ3) is 6.75. The van der Waals surface area contributed by atoms with Crippen LogP contribution in [0.4, 0.5) is 0 Å². The molecule has 2 heteroatoms. The minimum atomic E-state index is 0.387. The van der Waals surface area contributed by atoms with Crippen molar-refractivity contribution in [1.82, 2.24) is 10.2 Å². The number of hydrogen-bond donors (Lipinski definition) is 1. The van der Waals surface area contributed by atoms with Crippen LogP contribution in [-0.2, 0) is 0 Å². The van der Waals surface area contributed by atoms with Crippen LogP contribution in [0.15, 0.2) is 0 Å². The topological polar surface area (TPSA) is 15.3 Å². The largest absolute Gasteiger partial charge is 0.316 e. The van der Waals surface area contributed by atoms with E-state index in [1.165, 1.54) is 51.6 Å². The van der Waals surface area contributed by atoms with Gasteiger partial charge >= 0.3 is 0 Å². The first-order chi connectivity index (χ1) is 8.53. The molecule has 1 aliphatic rings. The van der Waals surface area contributed by atoms with Gasteiger partial charge in [-0.3, -0.25) is 0 Å². The lowest BCUT2D eigenvalue weighted by molar-refractivity contribution is 0.167. The van der Waals surface area contributed by atoms with Gasteiger partial charge in [0, 0.05) is 19.6 Å². The van der Waals surface area contributed by atoms with E-state index < -0.39 is 0 Å². The predicted molar refractivity (Wildman–Crippen MR) is 81.0 cm³/mol. The maximum atomic E-state index is 3.56. The van der Waals surface area contributed by atoms with Crippen molar-refractivity contribution in [3.63, 3.8) is 0 Å². The molecule has 1 fully saturated rings. The van der Waals surface area contributed by atoms with Crippen LogP contribution < -0.4 is 5.32 Å². The van der Waals surface area contributed by atoms with Gasteiger partial charge in [-0.05, 0) is 44.2 Å². The van der Waals surface area contributed by atoms with E-state index >= 15 is 0 Å². The molecule has 0 unspecified atom stereocenters. The van der Waals surface area contributed by atoms with Gasteiger partial charge in [0.2, 0.25) is 0 Å². The van der Waals surface area contributed by atoms with E-state index in [2.05, 4.69) is 38.0 Å². The van der Waals surface area contributed by atoms with Crippen LogP contribution in [0.2, 0.25) is 0 Å². The van der Waals surface area contributed by atoms with Crippen LogP contribution in [0.1, 0.15) is 59.3 Å². The van der Waals surface area contributed by atoms with Crippen LogP contribution in [0, 0.1) is 11.3 Å². The van der Waals surface area contributed by atoms with Crippen LogP contribution in [-0.4, -0.2) is 38.1 Å². The lowest BCUT2D eigenvalue weighted by Gasteiger charge is -2.33. The predicted octanol–water partition coefficient (Wildman–Crippen LogP) is 3.52. The molecule has 108 valence electrons. The van der Waals surface area contributed by atoms with Crippen LogP contribution in [0.3, 0.4) is 0 Å². The molecule has 0 aliphatic heterocycles. The van der Waals surface area contributed by atoms with Gasteiger partial charge in [-0.1, -0.05) is 40.0 Å². The quantitative estimate of drug-likeness (QED) is 0.667. The maximum absolute atomic E-state index is 3.56. The zero-order valence-electron chi connectivity index (χ0n) is 13.1. The van der Waals surface area contributed by atoms with Gasteiger partial charge in [0.1, 0.15) is 0 Å². The summed E-state index contributed by atoms with van der Waals surface area (Å²) in [5.41, 5.74) is 0.387. The molecule has 18 heavy (non-hydrogen) atoms. The van der Waals surface area contributed by atoms with E-state index in [-0.39, 0.29) is 0 Å². The average molecular weight is 254 g/mol. The molecule has 0 saturated heterocycles. The monoisotopic (exact) mass is 254 g/mol. The van der Waals surface area contributed by atoms with Gasteiger partial charge in [0.25, 0.3) is 0 Å². The lowest BCUT2D eigenvalue weighted by atomic mass is 9.88. The SMILES string of the molecule is CCCNCC(C)(C)CN(C)CC1CCCCC1. The van der Waals surface area contributed by atoms with Gasteiger partial charge in [-0.25, -0.2) is 0 Å². The van der Waals surface area contributed by atoms with Gasteiger partial charge in [-0.2, -0.15) is 0 Å². The standard InChI is InChI=1S/C16H34N2/c1-5-11-17-13-16(2,3)14-18(4)12-15-9-7-6-8-10-15/h15,17H,5-14H2,1-4H3. The summed E-state index contributed by atoms with van der Waals surface area (Å²) < 4.78 is 0. The second-order valence-electron chi connectivity index (χ2n) is 7.04. The maximum Gasteiger partial charge on any atom is 0.00419 e. The summed E-state index contributed by atoms with van der Waals surface area (Å²) in [6, 6.07) is 0. The summed E-state index contributed by atoms with van der Waals surface area (Å²) in [7, 11) is 2.30. The van der Waals surface area contributed by atoms with Crippen LogP contribution in [0.5, 0.6) is 0 Å². The van der Waals surface area contributed by atoms with Gasteiger partial charge in [-0.15, -0.1) is 0 Å². The van der Waals surface area contributed by atoms with Gasteiger partial charge in [0.05, 0.1) is 0 Å². The molecule has 0 amide bonds. The highest BCUT2D eigenvalue weighted by Gasteiger charge is 2.22. The minimum Gasteiger partial charge on any atom is -0.316 e. The molecule has 1 aliphatic carbocycles. The Bertz CT molecular complexity index is 207. The molecule has 1 rings (SSSR count). The van der Waals surface area contributed by atoms with Crippen molar-refractivity contribution in [3.8, 4) is 0 Å². The van der Waals surface area contributed by atoms with Crippen molar-refractivity contribution in [1.29, 1.82) is 0 Å². The van der Waals surface area contributed by atoms with Gasteiger partial charge in [0.15, 0.2) is 0 Å². The summed E-state index contributed by atoms with van der Waals surface area (Å²) in [6.45, 7) is 11.8. The fourth-order valence-corrected chi connectivity index (χ4v) is 3.27. The summed E-state index contributed by atoms with van der Waals surface area (Å²) in [5, 5.41) is 3.56. The number of nitrogens with one attached hydrogen (secondary N) is 1. The molecule has 2 nitrogen and oxygen atoms in total. The highest BCUT2D eigenvalue weighted by molar-refractivity contribution is 4.77. The molecule has 0 aromatic heterocycles. The Balaban J connectivity index is 2.21. The van der Waals surface area contributed by atoms with E-state index in [0.717, 1.165) is 19.0 Å². The molecule has 1 N–H and O–H groups in total. The third-order valence-electron chi connectivity index (χ3n) is 4.02. The molecule has 0 heterocycles. The second kappa shape index (κ2) is 8.16. The fourth-order valence-electron chi connectivity index (χ4n) is 3.27. The molecular formula is C16H34N2. The van der Waals surface area contributed by atoms with E-state index in [0.29, 0.717) is 5.41 Å². The molecule has 0 radical (unpaired) electrons. The zero-order chi connectivity index (χ0) is 13.4. The first-order valence-corrected chi connectivity index (χ1v) is 7.93. The molecule has 0 spiro atoms. The highest BCUT2D eigenvalue weighted by atomic mass is 15.1. The Hall–Kier alpha value is -0.0800. The fraction of sp³-hybridized carbons (Fsp3) is 1.00. The van der Waals surface area contributed by atoms with Crippen molar-refractivity contribution >= 4 is 0 Å². The zero-order valence-corrected chi connectivity index (χ0v) is 13.1. The van der Waals surface area contributed by atoms with Crippen molar-refractivity contribution in [2.24, 2.45) is 11.3 Å². The lowest BCUT2D eigenvalue weighted by Crippen LogP contribution is -2.40. The van der Waals surface area contributed by atoms with E-state index in [9.17, 15) is 0 Å². The van der Waals surface area contributed by atoms with E-state index in [1.807, 2.05) is 0 Å². The Kier molecular flexibility index (Phi) is 7.25. The summed E-state index contributed by atoms with van der Waals surface area (Å²) in [4.78, 5) is 2.56. The van der Waals surface area contributed by atoms with Crippen molar-refractivity contribution < 1.29 is 0 Å². The van der Waals surface area contributed by atoms with Crippen molar-refractivity contribution in [2.75, 3.05) is 33.2 Å². The molecule has 0 aromatic rings. The Morgan fingerprint density at radius 2 is 1.83 bits per heavy atom. The summed E-state index contributed by atoms with van der Waals surface area (Å²) in [6.07, 6.45) is 8.53. The number of nitrogens with zero attached hydrogens (tertiary/aromatic N) is 1. The van der Waals surface area contributed by atoms with E-state index in [4.69, 9.17) is 0 Å². The first-order valence-electron chi connectivity index (χ1n) is 7.93. The summed E-state index contributed by atoms with van der Waals surface area (Å²) in [5.74, 6) is 0.961. The second-order valence-corrected chi connectivity index (χ2v) is 7.04. The van der Waals surface area contributed by atoms with Crippen LogP contribution >= 0.6 is 0 Å². The molecule has 0 bridgehead atoms. The van der Waals surface area contributed by atoms with Crippen molar-refractivity contribution in [3.05, 3.63) is 0 Å². The smallest absolute Gasteiger partial charge is 0.00419 e. The average Bonchev–Trinajstić information content (AvgIpc) is 2.29. The minimum absolute atomic E-state index is 0.387. The Morgan fingerprint density at radius 3 is 2.44 bits per heavy atom. The first kappa shape index (κ1) is 16.0. The molecule has 1 saturated carbocycles. The van der Waals surface area contributed by atoms with E-state index in [1.54, 1.807) is 0 Å². The van der Waals surface area contributed by atoms with Gasteiger partial charge < -0.3 is 10.2 Å². The van der Waals surface area contributed by atoms with Crippen LogP contribution in [0.25, 0.3) is 0 Å². The Labute approximate surface area is 115 Å². The molecule has 0 aromatic carbocycles. The molecule has 0 atom stereocenters. The summed E-state index contributed by atoms with van der Waals surface area (Å²) >= 11 is 0. The molecular weight excluding hydrogens is 220 g/mol. The number of rotatable bonds is 8. The number of hydrogen-bond acceptors (Lipinski definition) is 2. The third-order valence-corrected chi connectivity index (χ3v) is 4.02. The normalized spacial score (nSPS) is 18.5. The van der Waals surface area contributed by atoms with Crippen molar-refractivity contribution in [2.45, 2.75) is 59.3 Å². The highest BCUT2D eigenvalue weighted by Crippen LogP contribution is 2.25. The Morgan fingerprint density at radius 1 is 1.17 bits per heavy atom.